The van der Waals surface area contributed by atoms with Gasteiger partial charge in [-0.2, -0.15) is 4.68 Å². The molecule has 2 aromatic rings. The third-order valence-corrected chi connectivity index (χ3v) is 2.44. The van der Waals surface area contributed by atoms with E-state index in [4.69, 9.17) is 11.6 Å². The number of aromatic nitrogens is 4. The average Bonchev–Trinajstić information content (AvgIpc) is 2.49. The van der Waals surface area contributed by atoms with E-state index < -0.39 is 0 Å². The summed E-state index contributed by atoms with van der Waals surface area (Å²) in [5.74, 6) is 0.929. The molecule has 80 valence electrons. The van der Waals surface area contributed by atoms with Crippen LogP contribution < -0.4 is 12.4 Å². The lowest BCUT2D eigenvalue weighted by molar-refractivity contribution is -0.00000302. The van der Waals surface area contributed by atoms with Crippen LogP contribution in [0.4, 0.5) is 0 Å². The van der Waals surface area contributed by atoms with Gasteiger partial charge in [0.2, 0.25) is 5.69 Å². The maximum atomic E-state index is 6.04. The molecule has 0 unspecified atom stereocenters. The Hall–Kier alpha value is -1.13. The summed E-state index contributed by atoms with van der Waals surface area (Å²) in [6, 6.07) is 7.54. The lowest BCUT2D eigenvalue weighted by Crippen LogP contribution is -3.00. The molecule has 15 heavy (non-hydrogen) atoms. The molecule has 6 heteroatoms. The molecule has 1 heterocycles. The van der Waals surface area contributed by atoms with Crippen molar-refractivity contribution in [3.63, 3.8) is 0 Å². The topological polar surface area (TPSA) is 35.6 Å². The quantitative estimate of drug-likeness (QED) is 0.595. The smallest absolute Gasteiger partial charge is 0.261 e. The first-order chi connectivity index (χ1) is 6.70. The monoisotopic (exact) mass is 244 g/mol. The molecule has 1 aromatic heterocycles. The summed E-state index contributed by atoms with van der Waals surface area (Å²) in [5, 5.41) is 8.56. The maximum Gasteiger partial charge on any atom is 0.261 e. The van der Waals surface area contributed by atoms with Crippen molar-refractivity contribution >= 4 is 11.6 Å². The SMILES string of the molecule is C[c+]1n(C)nnn1-c1ccccc1Cl.[Cl-]. The predicted octanol–water partition coefficient (Wildman–Crippen LogP) is -1.15. The maximum absolute atomic E-state index is 6.04. The van der Waals surface area contributed by atoms with Gasteiger partial charge in [-0.1, -0.05) is 17.7 Å². The van der Waals surface area contributed by atoms with Gasteiger partial charge in [0.05, 0.1) is 20.0 Å². The molecule has 0 spiro atoms. The van der Waals surface area contributed by atoms with Crippen LogP contribution in [-0.2, 0) is 7.05 Å². The first-order valence-electron chi connectivity index (χ1n) is 4.23. The lowest BCUT2D eigenvalue weighted by Gasteiger charge is -1.93. The summed E-state index contributed by atoms with van der Waals surface area (Å²) in [6.07, 6.45) is 0. The van der Waals surface area contributed by atoms with Crippen molar-refractivity contribution < 1.29 is 12.4 Å². The minimum atomic E-state index is 0. The zero-order chi connectivity index (χ0) is 10.1. The Labute approximate surface area is 98.9 Å². The van der Waals surface area contributed by atoms with E-state index in [1.807, 2.05) is 38.2 Å². The highest BCUT2D eigenvalue weighted by Crippen LogP contribution is 2.19. The fourth-order valence-electron chi connectivity index (χ4n) is 1.21. The number of hydrogen-bond acceptors (Lipinski definition) is 2. The van der Waals surface area contributed by atoms with E-state index in [0.717, 1.165) is 11.5 Å². The number of rotatable bonds is 1. The summed E-state index contributed by atoms with van der Waals surface area (Å²) in [6.45, 7) is 1.93. The van der Waals surface area contributed by atoms with E-state index in [1.54, 1.807) is 9.36 Å². The zero-order valence-corrected chi connectivity index (χ0v) is 9.87. The molecule has 0 aliphatic heterocycles. The minimum Gasteiger partial charge on any atom is -1.00 e. The van der Waals surface area contributed by atoms with Crippen molar-refractivity contribution in [3.05, 3.63) is 35.1 Å². The van der Waals surface area contributed by atoms with E-state index in [9.17, 15) is 0 Å². The molecule has 0 radical (unpaired) electrons. The van der Waals surface area contributed by atoms with Gasteiger partial charge in [0.25, 0.3) is 5.82 Å². The molecule has 0 fully saturated rings. The fraction of sp³-hybridized carbons (Fsp3) is 0.222. The summed E-state index contributed by atoms with van der Waals surface area (Å²) < 4.78 is 3.41. The van der Waals surface area contributed by atoms with Gasteiger partial charge in [-0.25, -0.2) is 0 Å². The van der Waals surface area contributed by atoms with Crippen LogP contribution in [0.3, 0.4) is 0 Å². The number of tetrazole rings is 1. The van der Waals surface area contributed by atoms with Crippen molar-refractivity contribution in [1.82, 2.24) is 19.8 Å². The standard InChI is InChI=1S/C9H10ClN4.ClH/c1-7-13(2)11-12-14(7)9-6-4-3-5-8(9)10;/h3-6H,1-2H3;1H/q+1;/p-1. The predicted molar refractivity (Wildman–Crippen MR) is 54.5 cm³/mol. The van der Waals surface area contributed by atoms with Crippen molar-refractivity contribution in [1.29, 1.82) is 0 Å². The Kier molecular flexibility index (Phi) is 3.66. The number of halogens is 2. The molecule has 1 aromatic carbocycles. The molecule has 0 aliphatic carbocycles. The highest BCUT2D eigenvalue weighted by atomic mass is 35.5. The second-order valence-electron chi connectivity index (χ2n) is 3.01. The normalized spacial score (nSPS) is 9.80. The van der Waals surface area contributed by atoms with Crippen LogP contribution in [0.5, 0.6) is 0 Å². The highest BCUT2D eigenvalue weighted by Gasteiger charge is 2.17. The second kappa shape index (κ2) is 4.59. The van der Waals surface area contributed by atoms with Crippen LogP contribution in [0.2, 0.25) is 5.02 Å². The minimum absolute atomic E-state index is 0. The van der Waals surface area contributed by atoms with Gasteiger partial charge >= 0.3 is 0 Å². The molecule has 4 nitrogen and oxygen atoms in total. The van der Waals surface area contributed by atoms with Crippen LogP contribution in [0, 0.1) is 6.92 Å². The second-order valence-corrected chi connectivity index (χ2v) is 3.42. The van der Waals surface area contributed by atoms with Crippen LogP contribution in [0.25, 0.3) is 5.69 Å². The van der Waals surface area contributed by atoms with Crippen molar-refractivity contribution in [2.24, 2.45) is 7.05 Å². The van der Waals surface area contributed by atoms with E-state index >= 15 is 0 Å². The van der Waals surface area contributed by atoms with Crippen LogP contribution in [0.15, 0.2) is 24.3 Å². The van der Waals surface area contributed by atoms with Crippen molar-refractivity contribution in [2.75, 3.05) is 0 Å². The number of aryl methyl sites for hydroxylation is 1. The zero-order valence-electron chi connectivity index (χ0n) is 8.35. The van der Waals surface area contributed by atoms with Gasteiger partial charge in [0.1, 0.15) is 0 Å². The molecule has 0 amide bonds. The Morgan fingerprint density at radius 3 is 2.47 bits per heavy atom. The Balaban J connectivity index is 0.00000112. The molecule has 0 saturated heterocycles. The van der Waals surface area contributed by atoms with Crippen molar-refractivity contribution in [2.45, 2.75) is 6.92 Å². The molecule has 0 aliphatic rings. The van der Waals surface area contributed by atoms with Gasteiger partial charge in [-0.15, -0.1) is 0 Å². The van der Waals surface area contributed by atoms with E-state index in [1.165, 1.54) is 0 Å². The molecule has 0 bridgehead atoms. The first-order valence-corrected chi connectivity index (χ1v) is 4.61. The molecule has 2 rings (SSSR count). The van der Waals surface area contributed by atoms with Crippen LogP contribution >= 0.6 is 11.6 Å². The summed E-state index contributed by atoms with van der Waals surface area (Å²) in [5.41, 5.74) is 0.847. The van der Waals surface area contributed by atoms with E-state index in [2.05, 4.69) is 10.4 Å². The van der Waals surface area contributed by atoms with Gasteiger partial charge in [0, 0.05) is 0 Å². The third-order valence-electron chi connectivity index (χ3n) is 2.12. The molecule has 0 atom stereocenters. The van der Waals surface area contributed by atoms with Crippen molar-refractivity contribution in [3.8, 4) is 5.69 Å². The van der Waals surface area contributed by atoms with Gasteiger partial charge in [-0.05, 0) is 27.2 Å². The van der Waals surface area contributed by atoms with E-state index in [-0.39, 0.29) is 12.4 Å². The Morgan fingerprint density at radius 2 is 1.93 bits per heavy atom. The van der Waals surface area contributed by atoms with Gasteiger partial charge in [-0.3, -0.25) is 0 Å². The summed E-state index contributed by atoms with van der Waals surface area (Å²) in [7, 11) is 1.84. The average molecular weight is 245 g/mol. The van der Waals surface area contributed by atoms with Crippen LogP contribution in [0.1, 0.15) is 5.82 Å². The lowest BCUT2D eigenvalue weighted by atomic mass is 10.3. The number of para-hydroxylation sites is 1. The van der Waals surface area contributed by atoms with Gasteiger partial charge in [0.15, 0.2) is 5.02 Å². The molecular formula is C9H10Cl2N4. The third kappa shape index (κ3) is 2.11. The largest absolute Gasteiger partial charge is 1.00 e. The highest BCUT2D eigenvalue weighted by molar-refractivity contribution is 6.32. The summed E-state index contributed by atoms with van der Waals surface area (Å²) >= 11 is 6.04. The first kappa shape index (κ1) is 11.9. The van der Waals surface area contributed by atoms with Gasteiger partial charge < -0.3 is 12.4 Å². The van der Waals surface area contributed by atoms with E-state index in [0.29, 0.717) is 5.02 Å². The molecule has 0 N–H and O–H groups in total. The number of nitrogens with zero attached hydrogens (tertiary/aromatic N) is 4. The summed E-state index contributed by atoms with van der Waals surface area (Å²) in [4.78, 5) is 0. The molecule has 0 saturated carbocycles. The Bertz CT molecular complexity index is 467. The fourth-order valence-corrected chi connectivity index (χ4v) is 1.43. The molecular weight excluding hydrogens is 235 g/mol. The number of hydrogen-bond donors (Lipinski definition) is 0. The van der Waals surface area contributed by atoms with Crippen LogP contribution in [-0.4, -0.2) is 19.8 Å². The Morgan fingerprint density at radius 1 is 1.27 bits per heavy atom. The number of benzene rings is 1.